The number of nitrogens with zero attached hydrogens (tertiary/aromatic N) is 3. The summed E-state index contributed by atoms with van der Waals surface area (Å²) in [7, 11) is 0. The van der Waals surface area contributed by atoms with Gasteiger partial charge in [-0.05, 0) is 49.2 Å². The maximum absolute atomic E-state index is 5.54. The van der Waals surface area contributed by atoms with E-state index >= 15 is 0 Å². The van der Waals surface area contributed by atoms with Gasteiger partial charge in [0.15, 0.2) is 17.1 Å². The molecule has 0 atom stereocenters. The molecule has 0 saturated heterocycles. The van der Waals surface area contributed by atoms with Crippen molar-refractivity contribution >= 4 is 17.2 Å². The van der Waals surface area contributed by atoms with Gasteiger partial charge in [0.25, 0.3) is 0 Å². The molecule has 3 heterocycles. The van der Waals surface area contributed by atoms with Crippen molar-refractivity contribution in [1.29, 1.82) is 0 Å². The van der Waals surface area contributed by atoms with Gasteiger partial charge >= 0.3 is 0 Å². The summed E-state index contributed by atoms with van der Waals surface area (Å²) in [6.07, 6.45) is 5.42. The molecule has 6 nitrogen and oxygen atoms in total. The lowest BCUT2D eigenvalue weighted by Crippen LogP contribution is -1.99. The SMILES string of the molecule is Cc1cccc(Nc2c(-c3ccc4c(c3)OCO4)nc3cnccn23)c1C. The minimum atomic E-state index is 0.251. The van der Waals surface area contributed by atoms with Gasteiger partial charge in [0.05, 0.1) is 6.20 Å². The quantitative estimate of drug-likeness (QED) is 0.585. The van der Waals surface area contributed by atoms with Crippen molar-refractivity contribution in [2.24, 2.45) is 0 Å². The van der Waals surface area contributed by atoms with E-state index in [1.807, 2.05) is 28.8 Å². The number of imidazole rings is 1. The van der Waals surface area contributed by atoms with Gasteiger partial charge in [-0.2, -0.15) is 0 Å². The number of aryl methyl sites for hydroxylation is 1. The molecule has 0 amide bonds. The third-order valence-corrected chi connectivity index (χ3v) is 4.93. The van der Waals surface area contributed by atoms with Crippen molar-refractivity contribution in [3.8, 4) is 22.8 Å². The molecule has 2 aromatic heterocycles. The number of aromatic nitrogens is 3. The van der Waals surface area contributed by atoms with Crippen LogP contribution in [0.15, 0.2) is 55.0 Å². The van der Waals surface area contributed by atoms with Gasteiger partial charge in [-0.3, -0.25) is 9.38 Å². The Kier molecular flexibility index (Phi) is 3.50. The minimum absolute atomic E-state index is 0.251. The Morgan fingerprint density at radius 3 is 2.89 bits per heavy atom. The molecule has 2 aromatic carbocycles. The number of hydrogen-bond acceptors (Lipinski definition) is 5. The maximum Gasteiger partial charge on any atom is 0.231 e. The lowest BCUT2D eigenvalue weighted by atomic mass is 10.1. The fourth-order valence-corrected chi connectivity index (χ4v) is 3.29. The van der Waals surface area contributed by atoms with E-state index in [2.05, 4.69) is 42.3 Å². The molecule has 0 saturated carbocycles. The standard InChI is InChI=1S/C21H18N4O2/c1-13-4-3-5-16(14(13)2)23-21-20(24-19-11-22-8-9-25(19)21)15-6-7-17-18(10-15)27-12-26-17/h3-11,23H,12H2,1-2H3. The molecule has 1 aliphatic heterocycles. The van der Waals surface area contributed by atoms with E-state index in [9.17, 15) is 0 Å². The number of rotatable bonds is 3. The summed E-state index contributed by atoms with van der Waals surface area (Å²) >= 11 is 0. The van der Waals surface area contributed by atoms with Crippen LogP contribution >= 0.6 is 0 Å². The van der Waals surface area contributed by atoms with Crippen molar-refractivity contribution in [2.75, 3.05) is 12.1 Å². The predicted molar refractivity (Wildman–Crippen MR) is 104 cm³/mol. The van der Waals surface area contributed by atoms with Crippen LogP contribution < -0.4 is 14.8 Å². The first-order valence-electron chi connectivity index (χ1n) is 8.76. The molecule has 0 radical (unpaired) electrons. The van der Waals surface area contributed by atoms with E-state index in [1.165, 1.54) is 11.1 Å². The van der Waals surface area contributed by atoms with Crippen LogP contribution in [-0.4, -0.2) is 21.2 Å². The first-order chi connectivity index (χ1) is 13.2. The monoisotopic (exact) mass is 358 g/mol. The average Bonchev–Trinajstić information content (AvgIpc) is 3.29. The summed E-state index contributed by atoms with van der Waals surface area (Å²) in [6, 6.07) is 12.1. The van der Waals surface area contributed by atoms with Crippen LogP contribution in [0.1, 0.15) is 11.1 Å². The molecular formula is C21H18N4O2. The van der Waals surface area contributed by atoms with E-state index in [4.69, 9.17) is 14.5 Å². The van der Waals surface area contributed by atoms with Crippen LogP contribution in [0.25, 0.3) is 16.9 Å². The van der Waals surface area contributed by atoms with Gasteiger partial charge in [-0.15, -0.1) is 0 Å². The van der Waals surface area contributed by atoms with Gasteiger partial charge in [-0.25, -0.2) is 4.98 Å². The average molecular weight is 358 g/mol. The highest BCUT2D eigenvalue weighted by Crippen LogP contribution is 2.39. The summed E-state index contributed by atoms with van der Waals surface area (Å²) in [5, 5.41) is 3.57. The highest BCUT2D eigenvalue weighted by Gasteiger charge is 2.19. The molecule has 1 N–H and O–H groups in total. The first kappa shape index (κ1) is 15.7. The van der Waals surface area contributed by atoms with Crippen molar-refractivity contribution in [3.63, 3.8) is 0 Å². The second kappa shape index (κ2) is 6.02. The Hall–Kier alpha value is -3.54. The van der Waals surface area contributed by atoms with E-state index < -0.39 is 0 Å². The Labute approximate surface area is 156 Å². The zero-order chi connectivity index (χ0) is 18.4. The Morgan fingerprint density at radius 2 is 1.96 bits per heavy atom. The second-order valence-corrected chi connectivity index (χ2v) is 6.55. The predicted octanol–water partition coefficient (Wildman–Crippen LogP) is 4.49. The Morgan fingerprint density at radius 1 is 1.07 bits per heavy atom. The third-order valence-electron chi connectivity index (χ3n) is 4.93. The Bertz CT molecular complexity index is 1170. The molecule has 0 aliphatic carbocycles. The van der Waals surface area contributed by atoms with Crippen LogP contribution in [-0.2, 0) is 0 Å². The summed E-state index contributed by atoms with van der Waals surface area (Å²) in [5.41, 5.74) is 6.06. The van der Waals surface area contributed by atoms with Crippen LogP contribution in [0.4, 0.5) is 11.5 Å². The van der Waals surface area contributed by atoms with E-state index in [0.29, 0.717) is 0 Å². The van der Waals surface area contributed by atoms with Crippen molar-refractivity contribution < 1.29 is 9.47 Å². The van der Waals surface area contributed by atoms with Crippen LogP contribution in [0.3, 0.4) is 0 Å². The number of fused-ring (bicyclic) bond motifs is 2. The Balaban J connectivity index is 1.68. The number of anilines is 2. The number of nitrogens with one attached hydrogen (secondary N) is 1. The lowest BCUT2D eigenvalue weighted by Gasteiger charge is -2.13. The third kappa shape index (κ3) is 2.57. The zero-order valence-electron chi connectivity index (χ0n) is 15.1. The van der Waals surface area contributed by atoms with Gasteiger partial charge in [-0.1, -0.05) is 12.1 Å². The van der Waals surface area contributed by atoms with E-state index in [0.717, 1.165) is 39.9 Å². The lowest BCUT2D eigenvalue weighted by molar-refractivity contribution is 0.174. The topological polar surface area (TPSA) is 60.7 Å². The summed E-state index contributed by atoms with van der Waals surface area (Å²) in [6.45, 7) is 4.47. The van der Waals surface area contributed by atoms with Crippen molar-refractivity contribution in [3.05, 3.63) is 66.1 Å². The normalized spacial score (nSPS) is 12.5. The van der Waals surface area contributed by atoms with Crippen LogP contribution in [0.5, 0.6) is 11.5 Å². The molecule has 5 rings (SSSR count). The fraction of sp³-hybridized carbons (Fsp3) is 0.143. The summed E-state index contributed by atoms with van der Waals surface area (Å²) in [4.78, 5) is 9.00. The van der Waals surface area contributed by atoms with E-state index in [-0.39, 0.29) is 6.79 Å². The highest BCUT2D eigenvalue weighted by atomic mass is 16.7. The van der Waals surface area contributed by atoms with Gasteiger partial charge in [0.2, 0.25) is 6.79 Å². The molecule has 0 spiro atoms. The minimum Gasteiger partial charge on any atom is -0.454 e. The summed E-state index contributed by atoms with van der Waals surface area (Å²) in [5.74, 6) is 2.38. The molecule has 4 aromatic rings. The fourth-order valence-electron chi connectivity index (χ4n) is 3.29. The first-order valence-corrected chi connectivity index (χ1v) is 8.76. The van der Waals surface area contributed by atoms with Crippen molar-refractivity contribution in [1.82, 2.24) is 14.4 Å². The maximum atomic E-state index is 5.54. The number of benzene rings is 2. The molecule has 0 unspecified atom stereocenters. The largest absolute Gasteiger partial charge is 0.454 e. The van der Waals surface area contributed by atoms with Gasteiger partial charge in [0.1, 0.15) is 11.5 Å². The van der Waals surface area contributed by atoms with Crippen LogP contribution in [0.2, 0.25) is 0 Å². The highest BCUT2D eigenvalue weighted by molar-refractivity contribution is 5.81. The number of ether oxygens (including phenoxy) is 2. The van der Waals surface area contributed by atoms with Crippen LogP contribution in [0, 0.1) is 13.8 Å². The number of hydrogen-bond donors (Lipinski definition) is 1. The van der Waals surface area contributed by atoms with Gasteiger partial charge < -0.3 is 14.8 Å². The molecular weight excluding hydrogens is 340 g/mol. The van der Waals surface area contributed by atoms with E-state index in [1.54, 1.807) is 12.4 Å². The molecule has 6 heteroatoms. The smallest absolute Gasteiger partial charge is 0.231 e. The zero-order valence-corrected chi connectivity index (χ0v) is 15.1. The van der Waals surface area contributed by atoms with Crippen molar-refractivity contribution in [2.45, 2.75) is 13.8 Å². The molecule has 27 heavy (non-hydrogen) atoms. The van der Waals surface area contributed by atoms with Gasteiger partial charge in [0, 0.05) is 23.6 Å². The molecule has 0 bridgehead atoms. The molecule has 0 fully saturated rings. The second-order valence-electron chi connectivity index (χ2n) is 6.55. The summed E-state index contributed by atoms with van der Waals surface area (Å²) < 4.78 is 13.0. The molecule has 134 valence electrons. The molecule has 1 aliphatic rings.